The van der Waals surface area contributed by atoms with Crippen molar-refractivity contribution in [1.82, 2.24) is 14.8 Å². The molecule has 2 aromatic carbocycles. The normalized spacial score (nSPS) is 14.3. The van der Waals surface area contributed by atoms with Gasteiger partial charge in [0, 0.05) is 38.1 Å². The minimum Gasteiger partial charge on any atom is -0.438 e. The van der Waals surface area contributed by atoms with Gasteiger partial charge in [0.15, 0.2) is 0 Å². The van der Waals surface area contributed by atoms with Gasteiger partial charge in [-0.05, 0) is 62.6 Å². The Balaban J connectivity index is 1.37. The van der Waals surface area contributed by atoms with Crippen LogP contribution < -0.4 is 10.1 Å². The molecule has 7 nitrogen and oxygen atoms in total. The molecule has 7 heteroatoms. The van der Waals surface area contributed by atoms with Crippen LogP contribution in [0.4, 0.5) is 5.69 Å². The van der Waals surface area contributed by atoms with E-state index in [1.807, 2.05) is 68.1 Å². The third kappa shape index (κ3) is 6.25. The monoisotopic (exact) mass is 472 g/mol. The van der Waals surface area contributed by atoms with Crippen molar-refractivity contribution in [3.8, 4) is 11.6 Å². The molecular weight excluding hydrogens is 440 g/mol. The maximum absolute atomic E-state index is 13.4. The number of rotatable bonds is 6. The zero-order valence-electron chi connectivity index (χ0n) is 20.6. The second-order valence-corrected chi connectivity index (χ2v) is 9.01. The fourth-order valence-electron chi connectivity index (χ4n) is 4.25. The number of nitrogens with one attached hydrogen (secondary N) is 1. The van der Waals surface area contributed by atoms with Gasteiger partial charge in [0.25, 0.3) is 5.91 Å². The molecular formula is C28H32N4O3. The van der Waals surface area contributed by atoms with Gasteiger partial charge in [0.2, 0.25) is 11.8 Å². The summed E-state index contributed by atoms with van der Waals surface area (Å²) < 4.78 is 5.94. The van der Waals surface area contributed by atoms with Gasteiger partial charge in [0.05, 0.1) is 6.54 Å². The Hall–Kier alpha value is -3.71. The summed E-state index contributed by atoms with van der Waals surface area (Å²) in [5.41, 5.74) is 4.54. The van der Waals surface area contributed by atoms with Crippen LogP contribution in [-0.2, 0) is 4.79 Å². The van der Waals surface area contributed by atoms with Crippen molar-refractivity contribution in [3.05, 3.63) is 83.0 Å². The number of hydrogen-bond acceptors (Lipinski definition) is 5. The Morgan fingerprint density at radius 2 is 1.66 bits per heavy atom. The molecule has 1 aliphatic heterocycles. The molecule has 0 aliphatic carbocycles. The van der Waals surface area contributed by atoms with Crippen LogP contribution in [-0.4, -0.2) is 59.3 Å². The Labute approximate surface area is 206 Å². The number of para-hydroxylation sites is 1. The van der Waals surface area contributed by atoms with Crippen molar-refractivity contribution in [3.63, 3.8) is 0 Å². The lowest BCUT2D eigenvalue weighted by molar-refractivity contribution is -0.117. The lowest BCUT2D eigenvalue weighted by Gasteiger charge is -2.22. The van der Waals surface area contributed by atoms with E-state index in [2.05, 4.69) is 15.2 Å². The van der Waals surface area contributed by atoms with Crippen molar-refractivity contribution in [2.24, 2.45) is 0 Å². The fourth-order valence-corrected chi connectivity index (χ4v) is 4.25. The van der Waals surface area contributed by atoms with Crippen LogP contribution in [0.3, 0.4) is 0 Å². The lowest BCUT2D eigenvalue weighted by atomic mass is 10.1. The molecule has 2 heterocycles. The Bertz CT molecular complexity index is 1170. The number of benzene rings is 2. The number of anilines is 1. The van der Waals surface area contributed by atoms with E-state index in [9.17, 15) is 9.59 Å². The van der Waals surface area contributed by atoms with E-state index in [0.29, 0.717) is 43.4 Å². The Morgan fingerprint density at radius 3 is 2.40 bits per heavy atom. The van der Waals surface area contributed by atoms with E-state index < -0.39 is 0 Å². The number of hydrogen-bond donors (Lipinski definition) is 1. The Morgan fingerprint density at radius 1 is 0.914 bits per heavy atom. The molecule has 1 saturated heterocycles. The summed E-state index contributed by atoms with van der Waals surface area (Å²) in [6, 6.07) is 17.1. The molecule has 0 atom stereocenters. The summed E-state index contributed by atoms with van der Waals surface area (Å²) in [4.78, 5) is 34.3. The second kappa shape index (κ2) is 11.1. The zero-order chi connectivity index (χ0) is 24.8. The van der Waals surface area contributed by atoms with E-state index in [1.54, 1.807) is 18.3 Å². The summed E-state index contributed by atoms with van der Waals surface area (Å²) >= 11 is 0. The van der Waals surface area contributed by atoms with Gasteiger partial charge < -0.3 is 15.0 Å². The quantitative estimate of drug-likeness (QED) is 0.568. The number of carbonyl (C=O) groups is 2. The highest BCUT2D eigenvalue weighted by atomic mass is 16.5. The summed E-state index contributed by atoms with van der Waals surface area (Å²) in [7, 11) is 0. The molecule has 0 unspecified atom stereocenters. The first-order chi connectivity index (χ1) is 16.9. The first kappa shape index (κ1) is 24.4. The smallest absolute Gasteiger partial charge is 0.259 e. The summed E-state index contributed by atoms with van der Waals surface area (Å²) in [6.07, 6.45) is 2.41. The van der Waals surface area contributed by atoms with E-state index in [0.717, 1.165) is 35.3 Å². The molecule has 1 aromatic heterocycles. The molecule has 0 radical (unpaired) electrons. The van der Waals surface area contributed by atoms with Crippen LogP contribution in [0.2, 0.25) is 0 Å². The molecule has 4 rings (SSSR count). The maximum atomic E-state index is 13.4. The number of amides is 2. The number of carbonyl (C=O) groups excluding carboxylic acids is 2. The van der Waals surface area contributed by atoms with E-state index >= 15 is 0 Å². The third-order valence-corrected chi connectivity index (χ3v) is 6.23. The molecule has 3 aromatic rings. The SMILES string of the molecule is Cc1ccc(Oc2ncccc2C(=O)N2CCCN(CC(=O)Nc3c(C)cccc3C)CC2)cc1. The molecule has 0 saturated carbocycles. The number of ether oxygens (including phenoxy) is 1. The van der Waals surface area contributed by atoms with Gasteiger partial charge in [-0.3, -0.25) is 14.5 Å². The zero-order valence-corrected chi connectivity index (χ0v) is 20.6. The van der Waals surface area contributed by atoms with Crippen LogP contribution in [0.5, 0.6) is 11.6 Å². The third-order valence-electron chi connectivity index (χ3n) is 6.23. The maximum Gasteiger partial charge on any atom is 0.259 e. The van der Waals surface area contributed by atoms with Gasteiger partial charge >= 0.3 is 0 Å². The summed E-state index contributed by atoms with van der Waals surface area (Å²) in [5.74, 6) is 0.793. The predicted octanol–water partition coefficient (Wildman–Crippen LogP) is 4.59. The molecule has 0 spiro atoms. The average Bonchev–Trinajstić information content (AvgIpc) is 3.08. The lowest BCUT2D eigenvalue weighted by Crippen LogP contribution is -2.38. The highest BCUT2D eigenvalue weighted by Crippen LogP contribution is 2.25. The van der Waals surface area contributed by atoms with Gasteiger partial charge in [-0.15, -0.1) is 0 Å². The van der Waals surface area contributed by atoms with E-state index in [1.165, 1.54) is 0 Å². The van der Waals surface area contributed by atoms with Crippen molar-refractivity contribution in [2.45, 2.75) is 27.2 Å². The minimum absolute atomic E-state index is 0.0387. The van der Waals surface area contributed by atoms with Crippen molar-refractivity contribution in [2.75, 3.05) is 38.0 Å². The molecule has 182 valence electrons. The highest BCUT2D eigenvalue weighted by molar-refractivity contribution is 5.96. The standard InChI is InChI=1S/C28H32N4O3/c1-20-10-12-23(13-11-20)35-27-24(9-5-14-29-27)28(34)32-16-6-15-31(17-18-32)19-25(33)30-26-21(2)7-4-8-22(26)3/h4-5,7-14H,6,15-19H2,1-3H3,(H,30,33). The first-order valence-corrected chi connectivity index (χ1v) is 12.0. The molecule has 1 N–H and O–H groups in total. The van der Waals surface area contributed by atoms with Gasteiger partial charge in [-0.2, -0.15) is 0 Å². The van der Waals surface area contributed by atoms with Crippen molar-refractivity contribution < 1.29 is 14.3 Å². The Kier molecular flexibility index (Phi) is 7.77. The number of pyridine rings is 1. The summed E-state index contributed by atoms with van der Waals surface area (Å²) in [5, 5.41) is 3.05. The van der Waals surface area contributed by atoms with Crippen LogP contribution >= 0.6 is 0 Å². The van der Waals surface area contributed by atoms with E-state index in [4.69, 9.17) is 4.74 Å². The molecule has 35 heavy (non-hydrogen) atoms. The van der Waals surface area contributed by atoms with Crippen LogP contribution in [0, 0.1) is 20.8 Å². The fraction of sp³-hybridized carbons (Fsp3) is 0.321. The number of aromatic nitrogens is 1. The number of aryl methyl sites for hydroxylation is 3. The predicted molar refractivity (Wildman–Crippen MR) is 137 cm³/mol. The second-order valence-electron chi connectivity index (χ2n) is 9.01. The largest absolute Gasteiger partial charge is 0.438 e. The average molecular weight is 473 g/mol. The minimum atomic E-state index is -0.109. The molecule has 2 amide bonds. The highest BCUT2D eigenvalue weighted by Gasteiger charge is 2.24. The topological polar surface area (TPSA) is 74.8 Å². The number of nitrogens with zero attached hydrogens (tertiary/aromatic N) is 3. The van der Waals surface area contributed by atoms with Gasteiger partial charge in [0.1, 0.15) is 11.3 Å². The summed E-state index contributed by atoms with van der Waals surface area (Å²) in [6.45, 7) is 8.83. The molecule has 1 aliphatic rings. The van der Waals surface area contributed by atoms with Crippen molar-refractivity contribution >= 4 is 17.5 Å². The van der Waals surface area contributed by atoms with Crippen LogP contribution in [0.1, 0.15) is 33.5 Å². The van der Waals surface area contributed by atoms with Gasteiger partial charge in [-0.25, -0.2) is 4.98 Å². The van der Waals surface area contributed by atoms with Crippen LogP contribution in [0.15, 0.2) is 60.8 Å². The molecule has 1 fully saturated rings. The van der Waals surface area contributed by atoms with E-state index in [-0.39, 0.29) is 11.8 Å². The first-order valence-electron chi connectivity index (χ1n) is 12.0. The van der Waals surface area contributed by atoms with Crippen LogP contribution in [0.25, 0.3) is 0 Å². The molecule has 0 bridgehead atoms. The van der Waals surface area contributed by atoms with Crippen molar-refractivity contribution in [1.29, 1.82) is 0 Å². The van der Waals surface area contributed by atoms with Gasteiger partial charge in [-0.1, -0.05) is 35.9 Å².